The zero-order valence-electron chi connectivity index (χ0n) is 8.63. The summed E-state index contributed by atoms with van der Waals surface area (Å²) in [6.07, 6.45) is 3.39. The van der Waals surface area contributed by atoms with E-state index >= 15 is 0 Å². The zero-order valence-corrected chi connectivity index (χ0v) is 16.1. The van der Waals surface area contributed by atoms with Gasteiger partial charge >= 0.3 is 104 Å². The average molecular weight is 499 g/mol. The van der Waals surface area contributed by atoms with Crippen molar-refractivity contribution in [1.29, 1.82) is 0 Å². The van der Waals surface area contributed by atoms with Gasteiger partial charge in [0, 0.05) is 0 Å². The van der Waals surface area contributed by atoms with E-state index in [9.17, 15) is 0 Å². The van der Waals surface area contributed by atoms with Crippen LogP contribution in [0.4, 0.5) is 0 Å². The van der Waals surface area contributed by atoms with Gasteiger partial charge in [-0.2, -0.15) is 0 Å². The van der Waals surface area contributed by atoms with Crippen LogP contribution in [0, 0.1) is 0 Å². The summed E-state index contributed by atoms with van der Waals surface area (Å²) in [7, 11) is 0. The minimum absolute atomic E-state index is 0.505. The molecule has 0 bridgehead atoms. The van der Waals surface area contributed by atoms with Crippen molar-refractivity contribution in [2.75, 3.05) is 0 Å². The third kappa shape index (κ3) is 2.72. The topological polar surface area (TPSA) is 0 Å². The molecule has 0 aromatic heterocycles. The van der Waals surface area contributed by atoms with Gasteiger partial charge in [0.05, 0.1) is 0 Å². The Morgan fingerprint density at radius 2 is 1.33 bits per heavy atom. The third-order valence-electron chi connectivity index (χ3n) is 2.96. The molecule has 0 spiro atoms. The summed E-state index contributed by atoms with van der Waals surface area (Å²) in [4.78, 5) is 10.6. The molecule has 1 aliphatic heterocycles. The van der Waals surface area contributed by atoms with Crippen LogP contribution in [0.2, 0.25) is 29.7 Å². The second-order valence-electron chi connectivity index (χ2n) is 3.88. The first-order valence-corrected chi connectivity index (χ1v) is 20.6. The Bertz CT molecular complexity index is 129. The first kappa shape index (κ1) is 12.5. The normalized spacial score (nSPS) is 23.5. The fourth-order valence-electron chi connectivity index (χ4n) is 1.99. The Labute approximate surface area is 102 Å². The van der Waals surface area contributed by atoms with E-state index in [2.05, 4.69) is 19.5 Å². The van der Waals surface area contributed by atoms with Crippen molar-refractivity contribution in [3.8, 4) is 0 Å². The predicted molar refractivity (Wildman–Crippen MR) is 62.3 cm³/mol. The predicted octanol–water partition coefficient (Wildman–Crippen LogP) is 3.11. The van der Waals surface area contributed by atoms with Gasteiger partial charge in [0.2, 0.25) is 0 Å². The molecule has 1 heterocycles. The van der Waals surface area contributed by atoms with Crippen LogP contribution >= 0.6 is 0 Å². The summed E-state index contributed by atoms with van der Waals surface area (Å²) >= 11 is -1.03. The molecule has 1 fully saturated rings. The van der Waals surface area contributed by atoms with Crippen molar-refractivity contribution < 1.29 is 0 Å². The molecule has 72 valence electrons. The molecule has 12 heavy (non-hydrogen) atoms. The molecule has 0 saturated carbocycles. The van der Waals surface area contributed by atoms with E-state index in [1.165, 1.54) is 0 Å². The molecule has 3 heteroatoms. The molecular weight excluding hydrogens is 479 g/mol. The van der Waals surface area contributed by atoms with Crippen LogP contribution in [0.1, 0.15) is 12.8 Å². The molecule has 0 N–H and O–H groups in total. The minimum atomic E-state index is -0.765. The van der Waals surface area contributed by atoms with E-state index in [1.807, 2.05) is 0 Å². The monoisotopic (exact) mass is 500 g/mol. The van der Waals surface area contributed by atoms with Gasteiger partial charge in [-0.05, 0) is 0 Å². The van der Waals surface area contributed by atoms with E-state index in [-0.39, 0.29) is 0 Å². The fraction of sp³-hybridized carbons (Fsp3) is 1.00. The molecule has 0 nitrogen and oxygen atoms in total. The molecule has 0 radical (unpaired) electrons. The number of hydrogen-bond donors (Lipinski definition) is 0. The molecular formula is C9H20Sb2Te. The van der Waals surface area contributed by atoms with E-state index in [4.69, 9.17) is 0 Å². The first-order valence-electron chi connectivity index (χ1n) is 4.52. The first-order chi connectivity index (χ1) is 5.59. The van der Waals surface area contributed by atoms with E-state index in [0.29, 0.717) is 20.9 Å². The molecule has 0 aromatic carbocycles. The van der Waals surface area contributed by atoms with Gasteiger partial charge in [-0.1, -0.05) is 0 Å². The van der Waals surface area contributed by atoms with E-state index in [1.54, 1.807) is 21.8 Å². The Morgan fingerprint density at radius 3 is 1.58 bits per heavy atom. The zero-order chi connectivity index (χ0) is 9.19. The third-order valence-corrected chi connectivity index (χ3v) is 33.1. The SMILES string of the molecule is [CH3][Sb]([CH3])[C]1([Sb]([CH3])[CH3])CC[Te]CC1. The van der Waals surface area contributed by atoms with Gasteiger partial charge in [0.15, 0.2) is 0 Å². The van der Waals surface area contributed by atoms with Gasteiger partial charge in [-0.25, -0.2) is 0 Å². The van der Waals surface area contributed by atoms with Crippen molar-refractivity contribution in [1.82, 2.24) is 0 Å². The summed E-state index contributed by atoms with van der Waals surface area (Å²) < 4.78 is 4.46. The summed E-state index contributed by atoms with van der Waals surface area (Å²) in [6, 6.07) is 0. The molecule has 0 aromatic rings. The molecule has 0 atom stereocenters. The molecule has 0 aliphatic carbocycles. The van der Waals surface area contributed by atoms with Crippen LogP contribution in [0.15, 0.2) is 0 Å². The second-order valence-corrected chi connectivity index (χ2v) is 25.6. The number of rotatable bonds is 2. The Balaban J connectivity index is 2.70. The van der Waals surface area contributed by atoms with Gasteiger partial charge in [0.1, 0.15) is 0 Å². The van der Waals surface area contributed by atoms with Crippen LogP contribution in [0.25, 0.3) is 0 Å². The maximum absolute atomic E-state index is 2.65. The quantitative estimate of drug-likeness (QED) is 0.513. The van der Waals surface area contributed by atoms with Crippen LogP contribution in [-0.2, 0) is 0 Å². The molecule has 1 rings (SSSR count). The van der Waals surface area contributed by atoms with Crippen LogP contribution in [-0.4, -0.2) is 61.3 Å². The van der Waals surface area contributed by atoms with Gasteiger partial charge in [0.25, 0.3) is 0 Å². The molecule has 1 saturated heterocycles. The molecule has 1 aliphatic rings. The summed E-state index contributed by atoms with van der Waals surface area (Å²) in [6.45, 7) is 0. The van der Waals surface area contributed by atoms with Crippen molar-refractivity contribution in [2.24, 2.45) is 0 Å². The summed E-state index contributed by atoms with van der Waals surface area (Å²) in [5, 5.41) is 0. The number of hydrogen-bond acceptors (Lipinski definition) is 0. The summed E-state index contributed by atoms with van der Waals surface area (Å²) in [5.41, 5.74) is 0. The Morgan fingerprint density at radius 1 is 0.917 bits per heavy atom. The van der Waals surface area contributed by atoms with Crippen LogP contribution < -0.4 is 0 Å². The molecule has 0 unspecified atom stereocenters. The average Bonchev–Trinajstić information content (AvgIpc) is 2.05. The van der Waals surface area contributed by atoms with E-state index < -0.39 is 40.4 Å². The van der Waals surface area contributed by atoms with Gasteiger partial charge in [-0.15, -0.1) is 0 Å². The fourth-order valence-corrected chi connectivity index (χ4v) is 35.0. The van der Waals surface area contributed by atoms with Crippen molar-refractivity contribution >= 4 is 61.3 Å². The second kappa shape index (κ2) is 5.49. The van der Waals surface area contributed by atoms with Gasteiger partial charge in [-0.3, -0.25) is 0 Å². The van der Waals surface area contributed by atoms with Crippen molar-refractivity contribution in [3.05, 3.63) is 0 Å². The maximum atomic E-state index is 2.65. The summed E-state index contributed by atoms with van der Waals surface area (Å²) in [5.74, 6) is 0. The Hall–Kier alpha value is 2.43. The van der Waals surface area contributed by atoms with Gasteiger partial charge < -0.3 is 0 Å². The van der Waals surface area contributed by atoms with E-state index in [0.717, 1.165) is 1.31 Å². The Kier molecular flexibility index (Phi) is 5.72. The molecule has 0 amide bonds. The standard InChI is InChI=1S/C5H8Te.4CH3.2Sb/c1-2-4-6-5-3-1;;;;;;/h2-5H2;4*1H3;;. The van der Waals surface area contributed by atoms with Crippen molar-refractivity contribution in [3.63, 3.8) is 0 Å². The van der Waals surface area contributed by atoms with Crippen LogP contribution in [0.5, 0.6) is 0 Å². The van der Waals surface area contributed by atoms with Crippen LogP contribution in [0.3, 0.4) is 0 Å². The van der Waals surface area contributed by atoms with Crippen molar-refractivity contribution in [2.45, 2.75) is 42.6 Å².